The Morgan fingerprint density at radius 3 is 2.63 bits per heavy atom. The number of nitrogens with one attached hydrogen (secondary N) is 1. The number of anilines is 1. The number of hydrogen-bond acceptors (Lipinski definition) is 5. The largest absolute Gasteiger partial charge is 0.421 e. The Balaban J connectivity index is 1.29. The zero-order valence-corrected chi connectivity index (χ0v) is 15.2. The van der Waals surface area contributed by atoms with Gasteiger partial charge in [-0.15, -0.1) is 10.2 Å². The maximum atomic E-state index is 12.5. The molecule has 1 fully saturated rings. The molecule has 0 radical (unpaired) electrons. The van der Waals surface area contributed by atoms with E-state index in [4.69, 9.17) is 4.42 Å². The molecule has 0 saturated carbocycles. The molecular weight excluding hydrogens is 344 g/mol. The Morgan fingerprint density at radius 1 is 1.22 bits per heavy atom. The number of rotatable bonds is 4. The van der Waals surface area contributed by atoms with E-state index >= 15 is 0 Å². The third kappa shape index (κ3) is 4.16. The zero-order valence-electron chi connectivity index (χ0n) is 15.2. The number of aromatic nitrogens is 4. The topological polar surface area (TPSA) is 89.1 Å². The molecule has 8 nitrogen and oxygen atoms in total. The van der Waals surface area contributed by atoms with Crippen LogP contribution in [0.3, 0.4) is 0 Å². The molecule has 0 bridgehead atoms. The average molecular weight is 366 g/mol. The van der Waals surface area contributed by atoms with Crippen molar-refractivity contribution in [3.63, 3.8) is 0 Å². The van der Waals surface area contributed by atoms with E-state index in [9.17, 15) is 4.79 Å². The molecule has 1 aliphatic heterocycles. The van der Waals surface area contributed by atoms with Crippen molar-refractivity contribution in [3.8, 4) is 11.5 Å². The number of urea groups is 1. The first kappa shape index (κ1) is 17.3. The van der Waals surface area contributed by atoms with Crippen LogP contribution in [0, 0.1) is 12.8 Å². The molecule has 8 heteroatoms. The summed E-state index contributed by atoms with van der Waals surface area (Å²) in [6.07, 6.45) is 5.76. The number of likely N-dealkylation sites (tertiary alicyclic amines) is 1. The second kappa shape index (κ2) is 7.61. The van der Waals surface area contributed by atoms with Crippen LogP contribution >= 0.6 is 0 Å². The summed E-state index contributed by atoms with van der Waals surface area (Å²) in [6, 6.07) is 9.29. The number of carbonyl (C=O) groups excluding carboxylic acids is 1. The molecule has 140 valence electrons. The first-order chi connectivity index (χ1) is 13.2. The van der Waals surface area contributed by atoms with Gasteiger partial charge in [0.2, 0.25) is 11.8 Å². The Kier molecular flexibility index (Phi) is 4.86. The maximum Gasteiger partial charge on any atom is 0.321 e. The quantitative estimate of drug-likeness (QED) is 0.766. The van der Waals surface area contributed by atoms with Crippen LogP contribution in [0.2, 0.25) is 0 Å². The van der Waals surface area contributed by atoms with Gasteiger partial charge in [-0.1, -0.05) is 0 Å². The van der Waals surface area contributed by atoms with Gasteiger partial charge < -0.3 is 14.6 Å². The predicted molar refractivity (Wildman–Crippen MR) is 100 cm³/mol. The van der Waals surface area contributed by atoms with Crippen molar-refractivity contribution in [1.29, 1.82) is 0 Å². The van der Waals surface area contributed by atoms with Gasteiger partial charge in [0.05, 0.1) is 0 Å². The van der Waals surface area contributed by atoms with E-state index in [0.717, 1.165) is 43.7 Å². The van der Waals surface area contributed by atoms with Crippen LogP contribution in [0.15, 0.2) is 47.1 Å². The van der Waals surface area contributed by atoms with Gasteiger partial charge in [0.1, 0.15) is 0 Å². The second-order valence-electron chi connectivity index (χ2n) is 6.79. The van der Waals surface area contributed by atoms with Gasteiger partial charge >= 0.3 is 6.03 Å². The number of carbonyl (C=O) groups is 1. The van der Waals surface area contributed by atoms with Crippen molar-refractivity contribution in [1.82, 2.24) is 24.9 Å². The molecule has 1 N–H and O–H groups in total. The summed E-state index contributed by atoms with van der Waals surface area (Å²) >= 11 is 0. The van der Waals surface area contributed by atoms with E-state index in [2.05, 4.69) is 20.6 Å². The van der Waals surface area contributed by atoms with E-state index in [1.54, 1.807) is 13.1 Å². The minimum Gasteiger partial charge on any atom is -0.421 e. The number of amides is 2. The van der Waals surface area contributed by atoms with E-state index in [0.29, 0.717) is 17.7 Å². The van der Waals surface area contributed by atoms with E-state index in [1.807, 2.05) is 46.1 Å². The highest BCUT2D eigenvalue weighted by Crippen LogP contribution is 2.22. The molecule has 0 unspecified atom stereocenters. The average Bonchev–Trinajstić information content (AvgIpc) is 3.35. The van der Waals surface area contributed by atoms with Crippen LogP contribution in [0.1, 0.15) is 18.7 Å². The maximum absolute atomic E-state index is 12.5. The monoisotopic (exact) mass is 366 g/mol. The fourth-order valence-electron chi connectivity index (χ4n) is 3.30. The Morgan fingerprint density at radius 2 is 2.00 bits per heavy atom. The molecule has 1 aromatic carbocycles. The van der Waals surface area contributed by atoms with Gasteiger partial charge in [-0.25, -0.2) is 4.79 Å². The van der Waals surface area contributed by atoms with Crippen molar-refractivity contribution >= 4 is 11.7 Å². The number of nitrogens with zero attached hydrogens (tertiary/aromatic N) is 5. The molecule has 27 heavy (non-hydrogen) atoms. The predicted octanol–water partition coefficient (Wildman–Crippen LogP) is 3.19. The molecule has 0 aliphatic carbocycles. The summed E-state index contributed by atoms with van der Waals surface area (Å²) in [5.74, 6) is 1.56. The molecule has 3 heterocycles. The van der Waals surface area contributed by atoms with Gasteiger partial charge in [-0.3, -0.25) is 4.68 Å². The lowest BCUT2D eigenvalue weighted by molar-refractivity contribution is 0.175. The molecule has 2 aromatic heterocycles. The fraction of sp³-hybridized carbons (Fsp3) is 0.368. The van der Waals surface area contributed by atoms with Crippen LogP contribution in [0.4, 0.5) is 10.5 Å². The van der Waals surface area contributed by atoms with Crippen molar-refractivity contribution in [2.45, 2.75) is 26.3 Å². The van der Waals surface area contributed by atoms with Gasteiger partial charge in [0, 0.05) is 50.2 Å². The first-order valence-electron chi connectivity index (χ1n) is 9.11. The molecule has 0 atom stereocenters. The number of benzene rings is 1. The fourth-order valence-corrected chi connectivity index (χ4v) is 3.30. The molecule has 1 aliphatic rings. The standard InChI is InChI=1S/C19H22N6O2/c1-14-22-23-18(27-14)16-3-5-17(6-4-16)21-19(26)24-11-7-15(8-12-24)13-25-10-2-9-20-25/h2-6,9-10,15H,7-8,11-13H2,1H3,(H,21,26). The number of hydrogen-bond donors (Lipinski definition) is 1. The lowest BCUT2D eigenvalue weighted by Gasteiger charge is -2.32. The highest BCUT2D eigenvalue weighted by molar-refractivity contribution is 5.89. The minimum absolute atomic E-state index is 0.0612. The van der Waals surface area contributed by atoms with Gasteiger partial charge in [-0.2, -0.15) is 5.10 Å². The molecule has 4 rings (SSSR count). The lowest BCUT2D eigenvalue weighted by Crippen LogP contribution is -2.41. The highest BCUT2D eigenvalue weighted by atomic mass is 16.4. The van der Waals surface area contributed by atoms with Crippen molar-refractivity contribution in [2.24, 2.45) is 5.92 Å². The Hall–Kier alpha value is -3.16. The van der Waals surface area contributed by atoms with E-state index in [-0.39, 0.29) is 6.03 Å². The number of piperidine rings is 1. The van der Waals surface area contributed by atoms with Crippen molar-refractivity contribution in [3.05, 3.63) is 48.6 Å². The Bertz CT molecular complexity index is 879. The van der Waals surface area contributed by atoms with Crippen LogP contribution in [0.5, 0.6) is 0 Å². The zero-order chi connectivity index (χ0) is 18.6. The van der Waals surface area contributed by atoms with Gasteiger partial charge in [0.15, 0.2) is 0 Å². The van der Waals surface area contributed by atoms with Crippen LogP contribution < -0.4 is 5.32 Å². The van der Waals surface area contributed by atoms with Crippen molar-refractivity contribution in [2.75, 3.05) is 18.4 Å². The summed E-state index contributed by atoms with van der Waals surface area (Å²) in [4.78, 5) is 14.4. The molecule has 1 saturated heterocycles. The summed E-state index contributed by atoms with van der Waals surface area (Å²) in [6.45, 7) is 4.19. The third-order valence-corrected chi connectivity index (χ3v) is 4.82. The van der Waals surface area contributed by atoms with Crippen LogP contribution in [-0.4, -0.2) is 44.0 Å². The number of aryl methyl sites for hydroxylation is 1. The molecule has 2 amide bonds. The van der Waals surface area contributed by atoms with E-state index in [1.165, 1.54) is 0 Å². The second-order valence-corrected chi connectivity index (χ2v) is 6.79. The first-order valence-corrected chi connectivity index (χ1v) is 9.11. The van der Waals surface area contributed by atoms with Crippen LogP contribution in [-0.2, 0) is 6.54 Å². The summed E-state index contributed by atoms with van der Waals surface area (Å²) in [5.41, 5.74) is 1.58. The van der Waals surface area contributed by atoms with Crippen LogP contribution in [0.25, 0.3) is 11.5 Å². The van der Waals surface area contributed by atoms with E-state index < -0.39 is 0 Å². The van der Waals surface area contributed by atoms with Gasteiger partial charge in [-0.05, 0) is 49.1 Å². The molecule has 0 spiro atoms. The van der Waals surface area contributed by atoms with Crippen molar-refractivity contribution < 1.29 is 9.21 Å². The summed E-state index contributed by atoms with van der Waals surface area (Å²) in [5, 5.41) is 15.0. The normalized spacial score (nSPS) is 15.1. The lowest BCUT2D eigenvalue weighted by atomic mass is 9.97. The van der Waals surface area contributed by atoms with Gasteiger partial charge in [0.25, 0.3) is 0 Å². The smallest absolute Gasteiger partial charge is 0.321 e. The third-order valence-electron chi connectivity index (χ3n) is 4.82. The Labute approximate surface area is 157 Å². The highest BCUT2D eigenvalue weighted by Gasteiger charge is 2.23. The summed E-state index contributed by atoms with van der Waals surface area (Å²) in [7, 11) is 0. The minimum atomic E-state index is -0.0612. The molecular formula is C19H22N6O2. The molecule has 3 aromatic rings. The summed E-state index contributed by atoms with van der Waals surface area (Å²) < 4.78 is 7.37. The SMILES string of the molecule is Cc1nnc(-c2ccc(NC(=O)N3CCC(Cn4cccn4)CC3)cc2)o1.